The predicted molar refractivity (Wildman–Crippen MR) is 127 cm³/mol. The number of benzene rings is 1. The maximum absolute atomic E-state index is 4.94. The summed E-state index contributed by atoms with van der Waals surface area (Å²) in [6.45, 7) is 12.0. The third-order valence-corrected chi connectivity index (χ3v) is 6.03. The number of fused-ring (bicyclic) bond motifs is 1. The highest BCUT2D eigenvalue weighted by Gasteiger charge is 2.18. The molecule has 170 valence electrons. The smallest absolute Gasteiger partial charge is 0.191 e. The minimum atomic E-state index is 0.277. The summed E-state index contributed by atoms with van der Waals surface area (Å²) in [5.41, 5.74) is 1.32. The first-order valence-corrected chi connectivity index (χ1v) is 12.0. The highest BCUT2D eigenvalue weighted by molar-refractivity contribution is 5.79. The number of aryl methyl sites for hydroxylation is 1. The standard InChI is InChI=1S/C24H39N7/c1-4-25-24(26-17-16-23-29-28-22-15-11-8-12-18-31(22)23)27-19-21(30(5-2)6-3)20-13-9-7-10-14-20/h7,9-10,13-14,21H,4-6,8,11-12,15-19H2,1-3H3,(H2,25,26,27). The molecule has 0 saturated heterocycles. The summed E-state index contributed by atoms with van der Waals surface area (Å²) in [4.78, 5) is 7.40. The maximum atomic E-state index is 4.94. The molecular formula is C24H39N7. The van der Waals surface area contributed by atoms with E-state index in [0.29, 0.717) is 0 Å². The number of rotatable bonds is 10. The zero-order chi connectivity index (χ0) is 21.9. The van der Waals surface area contributed by atoms with Gasteiger partial charge in [0.1, 0.15) is 11.6 Å². The van der Waals surface area contributed by atoms with Crippen LogP contribution in [0.3, 0.4) is 0 Å². The number of likely N-dealkylation sites (N-methyl/N-ethyl adjacent to an activating group) is 1. The molecule has 0 aliphatic carbocycles. The Balaban J connectivity index is 1.63. The van der Waals surface area contributed by atoms with Gasteiger partial charge in [-0.05, 0) is 38.4 Å². The molecule has 1 aromatic heterocycles. The number of aromatic nitrogens is 3. The summed E-state index contributed by atoms with van der Waals surface area (Å²) in [5.74, 6) is 3.11. The Labute approximate surface area is 187 Å². The molecule has 1 aliphatic rings. The lowest BCUT2D eigenvalue weighted by molar-refractivity contribution is 0.224. The lowest BCUT2D eigenvalue weighted by Crippen LogP contribution is -2.39. The summed E-state index contributed by atoms with van der Waals surface area (Å²) < 4.78 is 2.32. The molecule has 0 saturated carbocycles. The molecule has 1 aromatic carbocycles. The molecule has 31 heavy (non-hydrogen) atoms. The molecule has 0 bridgehead atoms. The van der Waals surface area contributed by atoms with Gasteiger partial charge in [0.25, 0.3) is 0 Å². The highest BCUT2D eigenvalue weighted by Crippen LogP contribution is 2.20. The molecule has 7 heteroatoms. The first-order chi connectivity index (χ1) is 15.3. The Bertz CT molecular complexity index is 796. The molecule has 7 nitrogen and oxygen atoms in total. The molecule has 0 fully saturated rings. The third-order valence-electron chi connectivity index (χ3n) is 6.03. The van der Waals surface area contributed by atoms with Crippen LogP contribution < -0.4 is 10.6 Å². The van der Waals surface area contributed by atoms with Gasteiger partial charge in [0.05, 0.1) is 12.6 Å². The van der Waals surface area contributed by atoms with Crippen LogP contribution in [0, 0.1) is 0 Å². The van der Waals surface area contributed by atoms with Crippen molar-refractivity contribution in [3.63, 3.8) is 0 Å². The lowest BCUT2D eigenvalue weighted by atomic mass is 10.1. The van der Waals surface area contributed by atoms with Crippen molar-refractivity contribution in [2.45, 2.75) is 65.5 Å². The van der Waals surface area contributed by atoms with E-state index in [4.69, 9.17) is 4.99 Å². The summed E-state index contributed by atoms with van der Waals surface area (Å²) in [6.07, 6.45) is 5.64. The summed E-state index contributed by atoms with van der Waals surface area (Å²) in [7, 11) is 0. The van der Waals surface area contributed by atoms with Crippen molar-refractivity contribution >= 4 is 5.96 Å². The van der Waals surface area contributed by atoms with Gasteiger partial charge < -0.3 is 15.2 Å². The minimum absolute atomic E-state index is 0.277. The van der Waals surface area contributed by atoms with Crippen molar-refractivity contribution in [2.75, 3.05) is 32.7 Å². The molecule has 1 aliphatic heterocycles. The van der Waals surface area contributed by atoms with E-state index < -0.39 is 0 Å². The quantitative estimate of drug-likeness (QED) is 0.452. The molecule has 1 unspecified atom stereocenters. The van der Waals surface area contributed by atoms with E-state index in [9.17, 15) is 0 Å². The molecule has 3 rings (SSSR count). The molecule has 0 radical (unpaired) electrons. The van der Waals surface area contributed by atoms with Gasteiger partial charge in [0.2, 0.25) is 0 Å². The van der Waals surface area contributed by atoms with Gasteiger partial charge in [0, 0.05) is 32.5 Å². The van der Waals surface area contributed by atoms with Gasteiger partial charge in [-0.3, -0.25) is 9.89 Å². The normalized spacial score (nSPS) is 15.4. The summed E-state index contributed by atoms with van der Waals surface area (Å²) >= 11 is 0. The van der Waals surface area contributed by atoms with E-state index in [2.05, 4.69) is 81.4 Å². The van der Waals surface area contributed by atoms with Crippen molar-refractivity contribution < 1.29 is 0 Å². The number of hydrogen-bond acceptors (Lipinski definition) is 4. The van der Waals surface area contributed by atoms with E-state index in [1.807, 2.05) is 0 Å². The van der Waals surface area contributed by atoms with Crippen LogP contribution in [0.2, 0.25) is 0 Å². The van der Waals surface area contributed by atoms with Crippen LogP contribution >= 0.6 is 0 Å². The Morgan fingerprint density at radius 3 is 2.61 bits per heavy atom. The fourth-order valence-corrected chi connectivity index (χ4v) is 4.31. The zero-order valence-corrected chi connectivity index (χ0v) is 19.5. The molecule has 0 spiro atoms. The molecule has 1 atom stereocenters. The largest absolute Gasteiger partial charge is 0.357 e. The fraction of sp³-hybridized carbons (Fsp3) is 0.625. The van der Waals surface area contributed by atoms with Crippen LogP contribution in [0.1, 0.15) is 63.3 Å². The van der Waals surface area contributed by atoms with Gasteiger partial charge in [-0.2, -0.15) is 0 Å². The molecule has 2 aromatic rings. The van der Waals surface area contributed by atoms with Crippen molar-refractivity contribution in [1.29, 1.82) is 0 Å². The van der Waals surface area contributed by atoms with Gasteiger partial charge in [-0.1, -0.05) is 50.6 Å². The number of guanidine groups is 1. The second-order valence-corrected chi connectivity index (χ2v) is 8.04. The summed E-state index contributed by atoms with van der Waals surface area (Å²) in [6, 6.07) is 11.0. The zero-order valence-electron chi connectivity index (χ0n) is 19.5. The van der Waals surface area contributed by atoms with Gasteiger partial charge in [-0.15, -0.1) is 10.2 Å². The number of hydrogen-bond donors (Lipinski definition) is 2. The molecular weight excluding hydrogens is 386 g/mol. The first kappa shape index (κ1) is 23.3. The Kier molecular flexibility index (Phi) is 9.34. The van der Waals surface area contributed by atoms with Crippen LogP contribution in [0.15, 0.2) is 35.3 Å². The summed E-state index contributed by atoms with van der Waals surface area (Å²) in [5, 5.41) is 15.8. The van der Waals surface area contributed by atoms with Gasteiger partial charge in [-0.25, -0.2) is 0 Å². The lowest BCUT2D eigenvalue weighted by Gasteiger charge is -2.29. The van der Waals surface area contributed by atoms with E-state index in [1.54, 1.807) is 0 Å². The van der Waals surface area contributed by atoms with E-state index in [1.165, 1.54) is 24.8 Å². The van der Waals surface area contributed by atoms with E-state index in [0.717, 1.165) is 69.7 Å². The number of aliphatic imine (C=N–C) groups is 1. The molecule has 2 heterocycles. The average Bonchev–Trinajstić information content (AvgIpc) is 3.02. The van der Waals surface area contributed by atoms with Gasteiger partial charge in [0.15, 0.2) is 5.96 Å². The second-order valence-electron chi connectivity index (χ2n) is 8.04. The topological polar surface area (TPSA) is 70.4 Å². The third kappa shape index (κ3) is 6.53. The van der Waals surface area contributed by atoms with Crippen molar-refractivity contribution in [1.82, 2.24) is 30.3 Å². The first-order valence-electron chi connectivity index (χ1n) is 12.0. The van der Waals surface area contributed by atoms with Crippen molar-refractivity contribution in [3.05, 3.63) is 47.5 Å². The van der Waals surface area contributed by atoms with Crippen LogP contribution in [0.25, 0.3) is 0 Å². The van der Waals surface area contributed by atoms with Crippen molar-refractivity contribution in [3.8, 4) is 0 Å². The Morgan fingerprint density at radius 1 is 1.06 bits per heavy atom. The average molecular weight is 426 g/mol. The SMILES string of the molecule is CCNC(=NCC(c1ccccc1)N(CC)CC)NCCc1nnc2n1CCCCC2. The predicted octanol–water partition coefficient (Wildman–Crippen LogP) is 3.19. The van der Waals surface area contributed by atoms with Gasteiger partial charge >= 0.3 is 0 Å². The Morgan fingerprint density at radius 2 is 1.87 bits per heavy atom. The highest BCUT2D eigenvalue weighted by atomic mass is 15.3. The number of nitrogens with zero attached hydrogens (tertiary/aromatic N) is 5. The van der Waals surface area contributed by atoms with E-state index >= 15 is 0 Å². The van der Waals surface area contributed by atoms with Crippen LogP contribution in [0.5, 0.6) is 0 Å². The number of nitrogens with one attached hydrogen (secondary N) is 2. The van der Waals surface area contributed by atoms with Crippen LogP contribution in [0.4, 0.5) is 0 Å². The van der Waals surface area contributed by atoms with Crippen molar-refractivity contribution in [2.24, 2.45) is 4.99 Å². The van der Waals surface area contributed by atoms with Crippen LogP contribution in [-0.2, 0) is 19.4 Å². The van der Waals surface area contributed by atoms with Crippen LogP contribution in [-0.4, -0.2) is 58.3 Å². The Hall–Kier alpha value is -2.41. The van der Waals surface area contributed by atoms with E-state index in [-0.39, 0.29) is 6.04 Å². The maximum Gasteiger partial charge on any atom is 0.191 e. The minimum Gasteiger partial charge on any atom is -0.357 e. The molecule has 2 N–H and O–H groups in total. The fourth-order valence-electron chi connectivity index (χ4n) is 4.31. The monoisotopic (exact) mass is 425 g/mol. The molecule has 0 amide bonds. The second kappa shape index (κ2) is 12.4.